The number of carbonyl (C=O) groups excluding carboxylic acids is 1. The van der Waals surface area contributed by atoms with Crippen molar-refractivity contribution >= 4 is 5.91 Å². The van der Waals surface area contributed by atoms with Gasteiger partial charge in [0.2, 0.25) is 5.91 Å². The highest BCUT2D eigenvalue weighted by atomic mass is 16.6. The molecule has 0 radical (unpaired) electrons. The fraction of sp³-hybridized carbons (Fsp3) is 0.700. The maximum Gasteiger partial charge on any atom is 0.243 e. The average molecular weight is 183 g/mol. The van der Waals surface area contributed by atoms with Crippen molar-refractivity contribution in [3.05, 3.63) is 12.7 Å². The third-order valence-electron chi connectivity index (χ3n) is 2.09. The van der Waals surface area contributed by atoms with Crippen LogP contribution in [0.15, 0.2) is 12.7 Å². The van der Waals surface area contributed by atoms with E-state index in [4.69, 9.17) is 4.74 Å². The molecule has 13 heavy (non-hydrogen) atoms. The number of amides is 1. The molecule has 0 saturated carbocycles. The molecule has 1 heterocycles. The van der Waals surface area contributed by atoms with Gasteiger partial charge < -0.3 is 10.1 Å². The second-order valence-corrected chi connectivity index (χ2v) is 3.30. The Balaban J connectivity index is 1.77. The standard InChI is InChI=1S/C10H17NO2/c1-2-10(12)11-7-5-3-4-6-9-8-13-9/h2,9H,1,3-8H2,(H,11,12). The molecule has 0 aromatic carbocycles. The third-order valence-corrected chi connectivity index (χ3v) is 2.09. The lowest BCUT2D eigenvalue weighted by Crippen LogP contribution is -2.21. The minimum atomic E-state index is -0.0782. The molecule has 3 heteroatoms. The molecule has 1 aliphatic rings. The number of epoxide rings is 1. The van der Waals surface area contributed by atoms with Crippen molar-refractivity contribution in [2.75, 3.05) is 13.2 Å². The van der Waals surface area contributed by atoms with Crippen LogP contribution in [0.5, 0.6) is 0 Å². The molecule has 1 aliphatic heterocycles. The van der Waals surface area contributed by atoms with E-state index in [2.05, 4.69) is 11.9 Å². The number of hydrogen-bond donors (Lipinski definition) is 1. The Morgan fingerprint density at radius 1 is 1.54 bits per heavy atom. The average Bonchev–Trinajstić information content (AvgIpc) is 2.94. The lowest BCUT2D eigenvalue weighted by Gasteiger charge is -2.00. The molecule has 1 fully saturated rings. The summed E-state index contributed by atoms with van der Waals surface area (Å²) in [6, 6.07) is 0. The molecule has 74 valence electrons. The molecular weight excluding hydrogens is 166 g/mol. The van der Waals surface area contributed by atoms with Crippen molar-refractivity contribution < 1.29 is 9.53 Å². The van der Waals surface area contributed by atoms with Crippen LogP contribution >= 0.6 is 0 Å². The fourth-order valence-corrected chi connectivity index (χ4v) is 1.19. The smallest absolute Gasteiger partial charge is 0.243 e. The molecule has 0 aromatic heterocycles. The van der Waals surface area contributed by atoms with E-state index in [-0.39, 0.29) is 5.91 Å². The number of rotatable bonds is 7. The van der Waals surface area contributed by atoms with Crippen LogP contribution in [-0.2, 0) is 9.53 Å². The number of ether oxygens (including phenoxy) is 1. The molecule has 0 aliphatic carbocycles. The first-order valence-corrected chi connectivity index (χ1v) is 4.85. The van der Waals surface area contributed by atoms with Crippen LogP contribution in [0.1, 0.15) is 25.7 Å². The first kappa shape index (κ1) is 10.3. The molecule has 1 unspecified atom stereocenters. The van der Waals surface area contributed by atoms with Crippen LogP contribution in [-0.4, -0.2) is 25.2 Å². The SMILES string of the molecule is C=CC(=O)NCCCCCC1CO1. The summed E-state index contributed by atoms with van der Waals surface area (Å²) in [4.78, 5) is 10.7. The van der Waals surface area contributed by atoms with E-state index in [1.807, 2.05) is 0 Å². The Hall–Kier alpha value is -0.830. The highest BCUT2D eigenvalue weighted by molar-refractivity contribution is 5.86. The first-order valence-electron chi connectivity index (χ1n) is 4.85. The molecule has 1 saturated heterocycles. The van der Waals surface area contributed by atoms with E-state index in [1.54, 1.807) is 0 Å². The van der Waals surface area contributed by atoms with E-state index < -0.39 is 0 Å². The Morgan fingerprint density at radius 3 is 2.92 bits per heavy atom. The number of unbranched alkanes of at least 4 members (excludes halogenated alkanes) is 2. The van der Waals surface area contributed by atoms with E-state index in [0.29, 0.717) is 6.10 Å². The van der Waals surface area contributed by atoms with Gasteiger partial charge in [0, 0.05) is 6.54 Å². The van der Waals surface area contributed by atoms with Crippen molar-refractivity contribution in [1.82, 2.24) is 5.32 Å². The quantitative estimate of drug-likeness (QED) is 0.366. The van der Waals surface area contributed by atoms with Gasteiger partial charge in [0.25, 0.3) is 0 Å². The van der Waals surface area contributed by atoms with Gasteiger partial charge in [0.15, 0.2) is 0 Å². The molecule has 1 atom stereocenters. The molecule has 0 spiro atoms. The van der Waals surface area contributed by atoms with Gasteiger partial charge in [-0.2, -0.15) is 0 Å². The maximum absolute atomic E-state index is 10.7. The molecule has 0 bridgehead atoms. The van der Waals surface area contributed by atoms with Gasteiger partial charge in [-0.3, -0.25) is 4.79 Å². The Morgan fingerprint density at radius 2 is 2.31 bits per heavy atom. The Kier molecular flexibility index (Phi) is 4.54. The van der Waals surface area contributed by atoms with E-state index >= 15 is 0 Å². The molecule has 3 nitrogen and oxygen atoms in total. The second kappa shape index (κ2) is 5.75. The van der Waals surface area contributed by atoms with Gasteiger partial charge in [-0.1, -0.05) is 19.4 Å². The minimum absolute atomic E-state index is 0.0782. The highest BCUT2D eigenvalue weighted by Crippen LogP contribution is 2.16. The van der Waals surface area contributed by atoms with Gasteiger partial charge in [0.05, 0.1) is 12.7 Å². The molecular formula is C10H17NO2. The summed E-state index contributed by atoms with van der Waals surface area (Å²) in [6.07, 6.45) is 6.44. The van der Waals surface area contributed by atoms with Crippen molar-refractivity contribution in [1.29, 1.82) is 0 Å². The number of carbonyl (C=O) groups is 1. The number of hydrogen-bond acceptors (Lipinski definition) is 2. The zero-order valence-electron chi connectivity index (χ0n) is 7.92. The van der Waals surface area contributed by atoms with Gasteiger partial charge in [-0.15, -0.1) is 0 Å². The summed E-state index contributed by atoms with van der Waals surface area (Å²) < 4.78 is 5.09. The zero-order valence-corrected chi connectivity index (χ0v) is 7.92. The summed E-state index contributed by atoms with van der Waals surface area (Å²) in [5.74, 6) is -0.0782. The number of nitrogens with one attached hydrogen (secondary N) is 1. The summed E-state index contributed by atoms with van der Waals surface area (Å²) in [5, 5.41) is 2.75. The Labute approximate surface area is 79.2 Å². The van der Waals surface area contributed by atoms with Crippen molar-refractivity contribution in [2.24, 2.45) is 0 Å². The summed E-state index contributed by atoms with van der Waals surface area (Å²) in [6.45, 7) is 5.09. The predicted octanol–water partition coefficient (Wildman–Crippen LogP) is 1.25. The van der Waals surface area contributed by atoms with Crippen LogP contribution in [0, 0.1) is 0 Å². The van der Waals surface area contributed by atoms with Gasteiger partial charge in [0.1, 0.15) is 0 Å². The topological polar surface area (TPSA) is 41.6 Å². The largest absolute Gasteiger partial charge is 0.373 e. The second-order valence-electron chi connectivity index (χ2n) is 3.30. The fourth-order valence-electron chi connectivity index (χ4n) is 1.19. The highest BCUT2D eigenvalue weighted by Gasteiger charge is 2.20. The lowest BCUT2D eigenvalue weighted by molar-refractivity contribution is -0.116. The zero-order chi connectivity index (χ0) is 9.52. The van der Waals surface area contributed by atoms with Crippen molar-refractivity contribution in [2.45, 2.75) is 31.8 Å². The monoisotopic (exact) mass is 183 g/mol. The van der Waals surface area contributed by atoms with Crippen molar-refractivity contribution in [3.8, 4) is 0 Å². The van der Waals surface area contributed by atoms with Gasteiger partial charge in [-0.25, -0.2) is 0 Å². The lowest BCUT2D eigenvalue weighted by atomic mass is 10.1. The Bertz CT molecular complexity index is 176. The molecule has 1 amide bonds. The minimum Gasteiger partial charge on any atom is -0.373 e. The van der Waals surface area contributed by atoms with E-state index in [1.165, 1.54) is 18.9 Å². The first-order chi connectivity index (χ1) is 6.33. The third kappa shape index (κ3) is 5.42. The van der Waals surface area contributed by atoms with Gasteiger partial charge in [-0.05, 0) is 18.9 Å². The molecule has 1 rings (SSSR count). The normalized spacial score (nSPS) is 19.5. The van der Waals surface area contributed by atoms with Crippen LogP contribution in [0.2, 0.25) is 0 Å². The molecule has 1 N–H and O–H groups in total. The van der Waals surface area contributed by atoms with E-state index in [9.17, 15) is 4.79 Å². The van der Waals surface area contributed by atoms with E-state index in [0.717, 1.165) is 26.0 Å². The van der Waals surface area contributed by atoms with Crippen LogP contribution < -0.4 is 5.32 Å². The summed E-state index contributed by atoms with van der Waals surface area (Å²) in [7, 11) is 0. The summed E-state index contributed by atoms with van der Waals surface area (Å²) in [5.41, 5.74) is 0. The predicted molar refractivity (Wildman–Crippen MR) is 51.4 cm³/mol. The van der Waals surface area contributed by atoms with Gasteiger partial charge >= 0.3 is 0 Å². The molecule has 0 aromatic rings. The van der Waals surface area contributed by atoms with Crippen molar-refractivity contribution in [3.63, 3.8) is 0 Å². The van der Waals surface area contributed by atoms with Crippen LogP contribution in [0.3, 0.4) is 0 Å². The van der Waals surface area contributed by atoms with Crippen LogP contribution in [0.25, 0.3) is 0 Å². The maximum atomic E-state index is 10.7. The summed E-state index contributed by atoms with van der Waals surface area (Å²) >= 11 is 0. The van der Waals surface area contributed by atoms with Crippen LogP contribution in [0.4, 0.5) is 0 Å².